The highest BCUT2D eigenvalue weighted by Crippen LogP contribution is 2.13. The second kappa shape index (κ2) is 9.59. The van der Waals surface area contributed by atoms with Gasteiger partial charge in [0.25, 0.3) is 0 Å². The van der Waals surface area contributed by atoms with Crippen molar-refractivity contribution in [1.82, 2.24) is 9.97 Å². The molecule has 0 aliphatic carbocycles. The number of nitrogens with zero attached hydrogens (tertiary/aromatic N) is 2. The molecule has 19 heavy (non-hydrogen) atoms. The van der Waals surface area contributed by atoms with Crippen molar-refractivity contribution < 1.29 is 4.74 Å². The van der Waals surface area contributed by atoms with Gasteiger partial charge in [-0.05, 0) is 12.8 Å². The molecule has 0 fully saturated rings. The standard InChI is InChI=1S/C15H27N3O/c1-3-5-6-7-8-9-11-19-15-12-13(16)17-14(18-15)10-4-2/h12H,3-11H2,1-2H3,(H2,16,17,18). The monoisotopic (exact) mass is 265 g/mol. The van der Waals surface area contributed by atoms with Crippen LogP contribution in [0.4, 0.5) is 5.82 Å². The largest absolute Gasteiger partial charge is 0.478 e. The maximum absolute atomic E-state index is 5.74. The summed E-state index contributed by atoms with van der Waals surface area (Å²) in [4.78, 5) is 8.55. The Labute approximate surface area is 116 Å². The van der Waals surface area contributed by atoms with Crippen molar-refractivity contribution >= 4 is 5.82 Å². The van der Waals surface area contributed by atoms with Crippen LogP contribution in [0.25, 0.3) is 0 Å². The molecule has 0 unspecified atom stereocenters. The van der Waals surface area contributed by atoms with Gasteiger partial charge in [-0.25, -0.2) is 4.98 Å². The van der Waals surface area contributed by atoms with Crippen LogP contribution < -0.4 is 10.5 Å². The number of hydrogen-bond acceptors (Lipinski definition) is 4. The van der Waals surface area contributed by atoms with Crippen LogP contribution in [0.15, 0.2) is 6.07 Å². The van der Waals surface area contributed by atoms with Crippen molar-refractivity contribution in [2.24, 2.45) is 0 Å². The fraction of sp³-hybridized carbons (Fsp3) is 0.733. The van der Waals surface area contributed by atoms with Crippen molar-refractivity contribution in [1.29, 1.82) is 0 Å². The summed E-state index contributed by atoms with van der Waals surface area (Å²) in [6.07, 6.45) is 9.42. The predicted octanol–water partition coefficient (Wildman–Crippen LogP) is 3.75. The summed E-state index contributed by atoms with van der Waals surface area (Å²) in [6, 6.07) is 1.70. The molecular weight excluding hydrogens is 238 g/mol. The molecule has 0 radical (unpaired) electrons. The number of nitrogen functional groups attached to an aromatic ring is 1. The molecule has 0 aliphatic rings. The summed E-state index contributed by atoms with van der Waals surface area (Å²) in [5.74, 6) is 1.89. The predicted molar refractivity (Wildman–Crippen MR) is 79.3 cm³/mol. The van der Waals surface area contributed by atoms with E-state index in [2.05, 4.69) is 23.8 Å². The quantitative estimate of drug-likeness (QED) is 0.654. The molecule has 4 nitrogen and oxygen atoms in total. The molecule has 1 heterocycles. The van der Waals surface area contributed by atoms with Gasteiger partial charge in [-0.15, -0.1) is 0 Å². The SMILES string of the molecule is CCCCCCCCOc1cc(N)nc(CCC)n1. The molecule has 0 aliphatic heterocycles. The van der Waals surface area contributed by atoms with E-state index in [-0.39, 0.29) is 0 Å². The number of anilines is 1. The van der Waals surface area contributed by atoms with Crippen LogP contribution in [0.3, 0.4) is 0 Å². The van der Waals surface area contributed by atoms with Gasteiger partial charge in [0.05, 0.1) is 6.61 Å². The van der Waals surface area contributed by atoms with Crippen LogP contribution in [0.2, 0.25) is 0 Å². The summed E-state index contributed by atoms with van der Waals surface area (Å²) in [5, 5.41) is 0. The second-order valence-corrected chi connectivity index (χ2v) is 4.91. The number of unbranched alkanes of at least 4 members (excludes halogenated alkanes) is 5. The third-order valence-corrected chi connectivity index (χ3v) is 2.99. The van der Waals surface area contributed by atoms with Gasteiger partial charge in [-0.2, -0.15) is 4.98 Å². The highest BCUT2D eigenvalue weighted by atomic mass is 16.5. The van der Waals surface area contributed by atoms with E-state index >= 15 is 0 Å². The van der Waals surface area contributed by atoms with E-state index in [9.17, 15) is 0 Å². The van der Waals surface area contributed by atoms with Gasteiger partial charge in [0.2, 0.25) is 5.88 Å². The molecule has 0 bridgehead atoms. The molecule has 0 amide bonds. The van der Waals surface area contributed by atoms with Crippen molar-refractivity contribution in [3.63, 3.8) is 0 Å². The van der Waals surface area contributed by atoms with Gasteiger partial charge < -0.3 is 10.5 Å². The van der Waals surface area contributed by atoms with E-state index < -0.39 is 0 Å². The Morgan fingerprint density at radius 2 is 1.74 bits per heavy atom. The first-order chi connectivity index (χ1) is 9.26. The Bertz CT molecular complexity index is 355. The highest BCUT2D eigenvalue weighted by Gasteiger charge is 2.03. The summed E-state index contributed by atoms with van der Waals surface area (Å²) >= 11 is 0. The van der Waals surface area contributed by atoms with Crippen LogP contribution in [-0.4, -0.2) is 16.6 Å². The average Bonchev–Trinajstić information content (AvgIpc) is 2.37. The molecule has 0 saturated heterocycles. The summed E-state index contributed by atoms with van der Waals surface area (Å²) in [5.41, 5.74) is 5.74. The first-order valence-electron chi connectivity index (χ1n) is 7.52. The van der Waals surface area contributed by atoms with E-state index in [1.165, 1.54) is 32.1 Å². The van der Waals surface area contributed by atoms with E-state index in [4.69, 9.17) is 10.5 Å². The van der Waals surface area contributed by atoms with Crippen LogP contribution in [0, 0.1) is 0 Å². The van der Waals surface area contributed by atoms with Gasteiger partial charge in [0.15, 0.2) is 0 Å². The van der Waals surface area contributed by atoms with E-state index in [0.29, 0.717) is 18.3 Å². The van der Waals surface area contributed by atoms with Crippen molar-refractivity contribution in [3.05, 3.63) is 11.9 Å². The van der Waals surface area contributed by atoms with Crippen molar-refractivity contribution in [3.8, 4) is 5.88 Å². The molecule has 1 aromatic rings. The maximum atomic E-state index is 5.74. The Balaban J connectivity index is 2.25. The minimum absolute atomic E-state index is 0.497. The first-order valence-corrected chi connectivity index (χ1v) is 7.52. The molecule has 1 rings (SSSR count). The lowest BCUT2D eigenvalue weighted by Gasteiger charge is -2.07. The summed E-state index contributed by atoms with van der Waals surface area (Å²) in [7, 11) is 0. The van der Waals surface area contributed by atoms with E-state index in [1.54, 1.807) is 6.07 Å². The maximum Gasteiger partial charge on any atom is 0.218 e. The third-order valence-electron chi connectivity index (χ3n) is 2.99. The fourth-order valence-corrected chi connectivity index (χ4v) is 1.96. The Morgan fingerprint density at radius 1 is 1.00 bits per heavy atom. The lowest BCUT2D eigenvalue weighted by atomic mass is 10.1. The van der Waals surface area contributed by atoms with Crippen molar-refractivity contribution in [2.75, 3.05) is 12.3 Å². The van der Waals surface area contributed by atoms with Crippen LogP contribution in [0.5, 0.6) is 5.88 Å². The number of ether oxygens (including phenoxy) is 1. The molecule has 1 aromatic heterocycles. The first kappa shape index (κ1) is 15.7. The van der Waals surface area contributed by atoms with Crippen LogP contribution in [0.1, 0.15) is 64.6 Å². The number of aromatic nitrogens is 2. The van der Waals surface area contributed by atoms with Gasteiger partial charge >= 0.3 is 0 Å². The van der Waals surface area contributed by atoms with Crippen LogP contribution in [-0.2, 0) is 6.42 Å². The zero-order valence-electron chi connectivity index (χ0n) is 12.3. The molecule has 0 aromatic carbocycles. The zero-order chi connectivity index (χ0) is 13.9. The lowest BCUT2D eigenvalue weighted by molar-refractivity contribution is 0.292. The van der Waals surface area contributed by atoms with Crippen molar-refractivity contribution in [2.45, 2.75) is 65.2 Å². The molecular formula is C15H27N3O. The van der Waals surface area contributed by atoms with E-state index in [0.717, 1.165) is 25.1 Å². The topological polar surface area (TPSA) is 61.0 Å². The normalized spacial score (nSPS) is 10.6. The minimum atomic E-state index is 0.497. The number of rotatable bonds is 10. The lowest BCUT2D eigenvalue weighted by Crippen LogP contribution is -2.05. The number of hydrogen-bond donors (Lipinski definition) is 1. The number of aryl methyl sites for hydroxylation is 1. The summed E-state index contributed by atoms with van der Waals surface area (Å²) < 4.78 is 5.65. The minimum Gasteiger partial charge on any atom is -0.478 e. The van der Waals surface area contributed by atoms with Gasteiger partial charge in [0, 0.05) is 12.5 Å². The van der Waals surface area contributed by atoms with Gasteiger partial charge in [-0.1, -0.05) is 46.0 Å². The van der Waals surface area contributed by atoms with E-state index in [1.807, 2.05) is 0 Å². The third kappa shape index (κ3) is 6.99. The van der Waals surface area contributed by atoms with Gasteiger partial charge in [-0.3, -0.25) is 0 Å². The molecule has 0 saturated carbocycles. The summed E-state index contributed by atoms with van der Waals surface area (Å²) in [6.45, 7) is 5.05. The fourth-order valence-electron chi connectivity index (χ4n) is 1.96. The molecule has 108 valence electrons. The molecule has 2 N–H and O–H groups in total. The highest BCUT2D eigenvalue weighted by molar-refractivity contribution is 5.32. The van der Waals surface area contributed by atoms with Gasteiger partial charge in [0.1, 0.15) is 11.6 Å². The smallest absolute Gasteiger partial charge is 0.218 e. The van der Waals surface area contributed by atoms with Crippen LogP contribution >= 0.6 is 0 Å². The average molecular weight is 265 g/mol. The Kier molecular flexibility index (Phi) is 7.94. The second-order valence-electron chi connectivity index (χ2n) is 4.91. The molecule has 4 heteroatoms. The molecule has 0 spiro atoms. The Hall–Kier alpha value is -1.32. The number of nitrogens with two attached hydrogens (primary N) is 1. The zero-order valence-corrected chi connectivity index (χ0v) is 12.3. The molecule has 0 atom stereocenters. The Morgan fingerprint density at radius 3 is 2.47 bits per heavy atom.